The molecule has 2 unspecified atom stereocenters. The number of esters is 1. The summed E-state index contributed by atoms with van der Waals surface area (Å²) in [5, 5.41) is 3.59. The molecule has 4 heteroatoms. The quantitative estimate of drug-likeness (QED) is 0.760. The molecule has 2 aromatic rings. The average molecular weight is 377 g/mol. The van der Waals surface area contributed by atoms with Crippen molar-refractivity contribution in [3.63, 3.8) is 0 Å². The Balaban J connectivity index is 1.35. The molecule has 1 heterocycles. The Morgan fingerprint density at radius 2 is 1.86 bits per heavy atom. The van der Waals surface area contributed by atoms with Crippen LogP contribution >= 0.6 is 0 Å². The predicted octanol–water partition coefficient (Wildman–Crippen LogP) is 4.82. The summed E-state index contributed by atoms with van der Waals surface area (Å²) in [7, 11) is 1.39. The number of methoxy groups -OCH3 is 1. The smallest absolute Gasteiger partial charge is 0.339 e. The Morgan fingerprint density at radius 1 is 1.11 bits per heavy atom. The zero-order valence-electron chi connectivity index (χ0n) is 16.5. The minimum Gasteiger partial charge on any atom is -0.465 e. The molecule has 28 heavy (non-hydrogen) atoms. The van der Waals surface area contributed by atoms with E-state index in [1.165, 1.54) is 45.6 Å². The van der Waals surface area contributed by atoms with E-state index in [0.29, 0.717) is 16.4 Å². The predicted molar refractivity (Wildman–Crippen MR) is 109 cm³/mol. The van der Waals surface area contributed by atoms with Gasteiger partial charge in [-0.1, -0.05) is 30.3 Å². The van der Waals surface area contributed by atoms with E-state index in [1.807, 2.05) is 6.07 Å². The first kappa shape index (κ1) is 17.7. The molecule has 1 N–H and O–H groups in total. The van der Waals surface area contributed by atoms with Crippen LogP contribution in [0.5, 0.6) is 0 Å². The molecule has 4 fully saturated rings. The van der Waals surface area contributed by atoms with Crippen LogP contribution in [0, 0.1) is 17.3 Å². The van der Waals surface area contributed by atoms with Crippen LogP contribution in [0.2, 0.25) is 0 Å². The molecule has 0 aliphatic heterocycles. The Kier molecular flexibility index (Phi) is 4.18. The van der Waals surface area contributed by atoms with Crippen molar-refractivity contribution in [3.05, 3.63) is 59.8 Å². The number of rotatable bonds is 5. The molecule has 4 aliphatic rings. The highest BCUT2D eigenvalue weighted by molar-refractivity contribution is 5.89. The van der Waals surface area contributed by atoms with Gasteiger partial charge in [0.25, 0.3) is 0 Å². The van der Waals surface area contributed by atoms with Gasteiger partial charge in [-0.3, -0.25) is 0 Å². The number of aromatic nitrogens is 1. The van der Waals surface area contributed by atoms with Crippen LogP contribution in [0.4, 0.5) is 5.82 Å². The zero-order valence-corrected chi connectivity index (χ0v) is 16.5. The van der Waals surface area contributed by atoms with E-state index in [2.05, 4.69) is 40.6 Å². The number of ether oxygens (including phenoxy) is 1. The Labute approximate surface area is 166 Å². The molecule has 0 radical (unpaired) electrons. The normalized spacial score (nSPS) is 32.9. The van der Waals surface area contributed by atoms with Gasteiger partial charge < -0.3 is 10.1 Å². The van der Waals surface area contributed by atoms with Gasteiger partial charge in [-0.05, 0) is 78.9 Å². The van der Waals surface area contributed by atoms with Crippen LogP contribution < -0.4 is 5.32 Å². The number of hydrogen-bond acceptors (Lipinski definition) is 4. The molecule has 0 spiro atoms. The lowest BCUT2D eigenvalue weighted by Crippen LogP contribution is -2.56. The largest absolute Gasteiger partial charge is 0.465 e. The van der Waals surface area contributed by atoms with Crippen LogP contribution in [0.1, 0.15) is 54.4 Å². The first-order valence-electron chi connectivity index (χ1n) is 10.4. The van der Waals surface area contributed by atoms with Gasteiger partial charge in [0, 0.05) is 12.7 Å². The van der Waals surface area contributed by atoms with E-state index in [0.717, 1.165) is 24.2 Å². The maximum atomic E-state index is 11.6. The third-order valence-corrected chi connectivity index (χ3v) is 7.40. The molecular formula is C24H28N2O2. The highest BCUT2D eigenvalue weighted by Crippen LogP contribution is 2.65. The molecule has 6 rings (SSSR count). The van der Waals surface area contributed by atoms with Crippen molar-refractivity contribution in [3.8, 4) is 0 Å². The highest BCUT2D eigenvalue weighted by atomic mass is 16.5. The molecule has 1 aromatic carbocycles. The van der Waals surface area contributed by atoms with Gasteiger partial charge in [0.15, 0.2) is 0 Å². The maximum Gasteiger partial charge on any atom is 0.339 e. The van der Waals surface area contributed by atoms with E-state index in [-0.39, 0.29) is 5.97 Å². The lowest BCUT2D eigenvalue weighted by molar-refractivity contribution is -0.0645. The number of carbonyl (C=O) groups excluding carboxylic acids is 1. The first-order chi connectivity index (χ1) is 13.6. The summed E-state index contributed by atoms with van der Waals surface area (Å²) in [6, 6.07) is 14.9. The molecule has 0 saturated heterocycles. The number of nitrogens with zero attached hydrogens (tertiary/aromatic N) is 1. The minimum atomic E-state index is -0.343. The number of nitrogens with one attached hydrogen (secondary N) is 1. The molecule has 1 aromatic heterocycles. The summed E-state index contributed by atoms with van der Waals surface area (Å²) in [6.07, 6.45) is 9.70. The topological polar surface area (TPSA) is 51.2 Å². The van der Waals surface area contributed by atoms with E-state index in [4.69, 9.17) is 4.74 Å². The van der Waals surface area contributed by atoms with Crippen LogP contribution in [0.3, 0.4) is 0 Å². The summed E-state index contributed by atoms with van der Waals surface area (Å²) in [4.78, 5) is 16.0. The van der Waals surface area contributed by atoms with Crippen molar-refractivity contribution in [2.45, 2.75) is 43.9 Å². The van der Waals surface area contributed by atoms with Crippen molar-refractivity contribution in [1.82, 2.24) is 4.98 Å². The van der Waals surface area contributed by atoms with E-state index < -0.39 is 0 Å². The monoisotopic (exact) mass is 376 g/mol. The standard InChI is InChI=1S/C24H28N2O2/c1-28-22(27)19-7-8-21(25-14-19)26-16-23-10-17-9-18(11-23)13-24(12-17,15-23)20-5-3-2-4-6-20/h2-8,14,17-18H,9-13,15-16H2,1H3,(H,25,26). The number of benzene rings is 1. The summed E-state index contributed by atoms with van der Waals surface area (Å²) in [6.45, 7) is 0.971. The average Bonchev–Trinajstić information content (AvgIpc) is 2.72. The van der Waals surface area contributed by atoms with Crippen molar-refractivity contribution in [2.75, 3.05) is 19.0 Å². The van der Waals surface area contributed by atoms with E-state index >= 15 is 0 Å². The van der Waals surface area contributed by atoms with E-state index in [9.17, 15) is 4.79 Å². The summed E-state index contributed by atoms with van der Waals surface area (Å²) in [5.41, 5.74) is 2.78. The fourth-order valence-corrected chi connectivity index (χ4v) is 6.80. The summed E-state index contributed by atoms with van der Waals surface area (Å²) in [5.74, 6) is 2.22. The van der Waals surface area contributed by atoms with Crippen LogP contribution in [-0.4, -0.2) is 24.6 Å². The molecule has 4 nitrogen and oxygen atoms in total. The SMILES string of the molecule is COC(=O)c1ccc(NCC23CC4CC(C2)CC(c2ccccc2)(C4)C3)nc1. The number of anilines is 1. The van der Waals surface area contributed by atoms with Gasteiger partial charge in [-0.25, -0.2) is 9.78 Å². The van der Waals surface area contributed by atoms with Crippen molar-refractivity contribution in [2.24, 2.45) is 17.3 Å². The third kappa shape index (κ3) is 2.99. The molecule has 4 saturated carbocycles. The Morgan fingerprint density at radius 3 is 2.50 bits per heavy atom. The molecule has 0 amide bonds. The molecular weight excluding hydrogens is 348 g/mol. The first-order valence-corrected chi connectivity index (χ1v) is 10.4. The fraction of sp³-hybridized carbons (Fsp3) is 0.500. The van der Waals surface area contributed by atoms with Crippen molar-refractivity contribution < 1.29 is 9.53 Å². The summed E-state index contributed by atoms with van der Waals surface area (Å²) >= 11 is 0. The van der Waals surface area contributed by atoms with Gasteiger partial charge in [0.1, 0.15) is 5.82 Å². The molecule has 4 aliphatic carbocycles. The van der Waals surface area contributed by atoms with Gasteiger partial charge >= 0.3 is 5.97 Å². The van der Waals surface area contributed by atoms with Gasteiger partial charge in [0.05, 0.1) is 12.7 Å². The number of carbonyl (C=O) groups is 1. The Bertz CT molecular complexity index is 848. The highest BCUT2D eigenvalue weighted by Gasteiger charge is 2.57. The lowest BCUT2D eigenvalue weighted by atomic mass is 9.43. The molecule has 146 valence electrons. The lowest BCUT2D eigenvalue weighted by Gasteiger charge is -2.62. The van der Waals surface area contributed by atoms with Crippen molar-refractivity contribution in [1.29, 1.82) is 0 Å². The second kappa shape index (κ2) is 6.61. The fourth-order valence-electron chi connectivity index (χ4n) is 6.80. The minimum absolute atomic E-state index is 0.343. The van der Waals surface area contributed by atoms with Gasteiger partial charge in [-0.15, -0.1) is 0 Å². The maximum absolute atomic E-state index is 11.6. The number of pyridine rings is 1. The van der Waals surface area contributed by atoms with Crippen LogP contribution in [-0.2, 0) is 10.2 Å². The Hall–Kier alpha value is -2.36. The molecule has 2 atom stereocenters. The zero-order chi connectivity index (χ0) is 19.2. The van der Waals surface area contributed by atoms with Gasteiger partial charge in [0.2, 0.25) is 0 Å². The van der Waals surface area contributed by atoms with Crippen molar-refractivity contribution >= 4 is 11.8 Å². The second-order valence-electron chi connectivity index (χ2n) is 9.38. The number of hydrogen-bond donors (Lipinski definition) is 1. The van der Waals surface area contributed by atoms with Gasteiger partial charge in [-0.2, -0.15) is 0 Å². The third-order valence-electron chi connectivity index (χ3n) is 7.40. The summed E-state index contributed by atoms with van der Waals surface area (Å²) < 4.78 is 4.75. The van der Waals surface area contributed by atoms with Crippen LogP contribution in [0.25, 0.3) is 0 Å². The van der Waals surface area contributed by atoms with E-state index in [1.54, 1.807) is 17.8 Å². The second-order valence-corrected chi connectivity index (χ2v) is 9.38. The molecule has 4 bridgehead atoms. The van der Waals surface area contributed by atoms with Crippen LogP contribution in [0.15, 0.2) is 48.7 Å².